The van der Waals surface area contributed by atoms with Gasteiger partial charge in [0.15, 0.2) is 9.04 Å². The Morgan fingerprint density at radius 1 is 1.17 bits per heavy atom. The molecular weight excluding hydrogens is 394 g/mol. The summed E-state index contributed by atoms with van der Waals surface area (Å²) in [4.78, 5) is 28.1. The van der Waals surface area contributed by atoms with Gasteiger partial charge in [0.2, 0.25) is 0 Å². The molecule has 0 spiro atoms. The summed E-state index contributed by atoms with van der Waals surface area (Å²) in [5.41, 5.74) is -0.560. The highest BCUT2D eigenvalue weighted by Crippen LogP contribution is 2.48. The summed E-state index contributed by atoms with van der Waals surface area (Å²) in [6.07, 6.45) is 1.61. The lowest BCUT2D eigenvalue weighted by atomic mass is 9.69. The number of esters is 1. The molecule has 1 aliphatic heterocycles. The van der Waals surface area contributed by atoms with Crippen molar-refractivity contribution < 1.29 is 18.8 Å². The zero-order chi connectivity index (χ0) is 22.7. The number of rotatable bonds is 7. The van der Waals surface area contributed by atoms with Gasteiger partial charge >= 0.3 is 5.97 Å². The molecule has 2 rings (SSSR count). The van der Waals surface area contributed by atoms with Gasteiger partial charge in [0.05, 0.1) is 6.61 Å². The first-order valence-corrected chi connectivity index (χ1v) is 13.7. The number of benzene rings is 1. The smallest absolute Gasteiger partial charge is 0.323 e. The predicted molar refractivity (Wildman–Crippen MR) is 123 cm³/mol. The molecular formula is C24H39NO4Si. The molecule has 0 unspecified atom stereocenters. The molecule has 1 fully saturated rings. The average Bonchev–Trinajstić information content (AvgIpc) is 2.94. The number of carbonyl (C=O) groups is 2. The van der Waals surface area contributed by atoms with Crippen LogP contribution in [0.3, 0.4) is 0 Å². The number of carbonyl (C=O) groups excluding carboxylic acids is 2. The molecule has 168 valence electrons. The Labute approximate surface area is 183 Å². The number of hydrogen-bond donors (Lipinski definition) is 0. The molecule has 1 aromatic carbocycles. The SMILES string of the molecule is C[SiH](C)OC[C@@]1(C=O)[C@@H](C(C)(C)C)C[C@H](C(=O)OC(C)(C)C)N1Cc1ccccc1. The van der Waals surface area contributed by atoms with Gasteiger partial charge in [-0.05, 0) is 57.2 Å². The maximum Gasteiger partial charge on any atom is 0.323 e. The van der Waals surface area contributed by atoms with Crippen LogP contribution in [-0.2, 0) is 25.3 Å². The van der Waals surface area contributed by atoms with Crippen LogP contribution in [-0.4, -0.2) is 50.0 Å². The zero-order valence-corrected chi connectivity index (χ0v) is 21.1. The lowest BCUT2D eigenvalue weighted by Gasteiger charge is -2.44. The Morgan fingerprint density at radius 2 is 1.77 bits per heavy atom. The van der Waals surface area contributed by atoms with Crippen molar-refractivity contribution in [1.29, 1.82) is 0 Å². The van der Waals surface area contributed by atoms with Crippen molar-refractivity contribution in [2.24, 2.45) is 11.3 Å². The second kappa shape index (κ2) is 9.33. The van der Waals surface area contributed by atoms with Gasteiger partial charge in [-0.25, -0.2) is 0 Å². The van der Waals surface area contributed by atoms with Crippen LogP contribution in [0.25, 0.3) is 0 Å². The molecule has 3 atom stereocenters. The fraction of sp³-hybridized carbons (Fsp3) is 0.667. The highest BCUT2D eigenvalue weighted by Gasteiger charge is 2.59. The molecule has 0 saturated carbocycles. The van der Waals surface area contributed by atoms with Crippen molar-refractivity contribution in [3.05, 3.63) is 35.9 Å². The molecule has 0 N–H and O–H groups in total. The molecule has 0 aromatic heterocycles. The van der Waals surface area contributed by atoms with Crippen molar-refractivity contribution in [3.63, 3.8) is 0 Å². The molecule has 0 radical (unpaired) electrons. The van der Waals surface area contributed by atoms with Gasteiger partial charge in [0.25, 0.3) is 0 Å². The van der Waals surface area contributed by atoms with E-state index in [1.807, 2.05) is 51.1 Å². The third kappa shape index (κ3) is 5.80. The second-order valence-corrected chi connectivity index (χ2v) is 13.2. The van der Waals surface area contributed by atoms with E-state index in [9.17, 15) is 9.59 Å². The minimum atomic E-state index is -1.36. The van der Waals surface area contributed by atoms with Gasteiger partial charge in [0, 0.05) is 6.54 Å². The first kappa shape index (κ1) is 24.8. The van der Waals surface area contributed by atoms with E-state index >= 15 is 0 Å². The monoisotopic (exact) mass is 433 g/mol. The van der Waals surface area contributed by atoms with E-state index < -0.39 is 26.2 Å². The highest BCUT2D eigenvalue weighted by atomic mass is 28.3. The molecule has 0 bridgehead atoms. The number of aldehydes is 1. The number of hydrogen-bond acceptors (Lipinski definition) is 5. The maximum absolute atomic E-state index is 13.3. The molecule has 1 aromatic rings. The summed E-state index contributed by atoms with van der Waals surface area (Å²) in [6.45, 7) is 17.1. The molecule has 0 aliphatic carbocycles. The van der Waals surface area contributed by atoms with Crippen LogP contribution in [0.15, 0.2) is 30.3 Å². The lowest BCUT2D eigenvalue weighted by molar-refractivity contribution is -0.162. The summed E-state index contributed by atoms with van der Waals surface area (Å²) >= 11 is 0. The van der Waals surface area contributed by atoms with Gasteiger partial charge in [0.1, 0.15) is 23.5 Å². The fourth-order valence-corrected chi connectivity index (χ4v) is 5.05. The quantitative estimate of drug-likeness (QED) is 0.366. The molecule has 0 amide bonds. The van der Waals surface area contributed by atoms with Crippen LogP contribution in [0.4, 0.5) is 0 Å². The van der Waals surface area contributed by atoms with E-state index in [-0.39, 0.29) is 17.3 Å². The standard InChI is InChI=1S/C24H39NO4Si/c1-22(2,3)20-14-19(21(27)29-23(4,5)6)25(15-18-12-10-9-11-13-18)24(20,16-26)17-28-30(7)8/h9-13,16,19-20,30H,14-15,17H2,1-8H3/t19-,20-,24+/m1/s1. The summed E-state index contributed by atoms with van der Waals surface area (Å²) in [7, 11) is -1.36. The summed E-state index contributed by atoms with van der Waals surface area (Å²) < 4.78 is 11.9. The van der Waals surface area contributed by atoms with E-state index in [0.717, 1.165) is 11.8 Å². The van der Waals surface area contributed by atoms with E-state index in [0.29, 0.717) is 19.6 Å². The molecule has 6 heteroatoms. The Bertz CT molecular complexity index is 723. The van der Waals surface area contributed by atoms with Crippen LogP contribution >= 0.6 is 0 Å². The number of likely N-dealkylation sites (tertiary alicyclic amines) is 1. The van der Waals surface area contributed by atoms with Gasteiger partial charge in [-0.2, -0.15) is 0 Å². The highest BCUT2D eigenvalue weighted by molar-refractivity contribution is 6.48. The van der Waals surface area contributed by atoms with Gasteiger partial charge in [-0.1, -0.05) is 51.1 Å². The molecule has 1 saturated heterocycles. The summed E-state index contributed by atoms with van der Waals surface area (Å²) in [5, 5.41) is 0. The minimum absolute atomic E-state index is 0.0310. The van der Waals surface area contributed by atoms with Gasteiger partial charge in [-0.3, -0.25) is 9.69 Å². The zero-order valence-electron chi connectivity index (χ0n) is 19.9. The average molecular weight is 434 g/mol. The van der Waals surface area contributed by atoms with E-state index in [1.165, 1.54) is 0 Å². The third-order valence-corrected chi connectivity index (χ3v) is 6.58. The van der Waals surface area contributed by atoms with Crippen LogP contribution in [0.1, 0.15) is 53.5 Å². The summed E-state index contributed by atoms with van der Waals surface area (Å²) in [5.74, 6) is -0.297. The second-order valence-electron chi connectivity index (χ2n) is 10.8. The number of nitrogens with zero attached hydrogens (tertiary/aromatic N) is 1. The third-order valence-electron chi connectivity index (χ3n) is 5.75. The lowest BCUT2D eigenvalue weighted by Crippen LogP contribution is -2.58. The first-order valence-electron chi connectivity index (χ1n) is 10.9. The van der Waals surface area contributed by atoms with Gasteiger partial charge < -0.3 is 14.0 Å². The largest absolute Gasteiger partial charge is 0.459 e. The molecule has 5 nitrogen and oxygen atoms in total. The predicted octanol–water partition coefficient (Wildman–Crippen LogP) is 4.20. The van der Waals surface area contributed by atoms with Crippen LogP contribution in [0.5, 0.6) is 0 Å². The van der Waals surface area contributed by atoms with Crippen LogP contribution in [0.2, 0.25) is 13.1 Å². The van der Waals surface area contributed by atoms with Crippen LogP contribution < -0.4 is 0 Å². The van der Waals surface area contributed by atoms with Crippen molar-refractivity contribution in [2.75, 3.05) is 6.61 Å². The Morgan fingerprint density at radius 3 is 2.23 bits per heavy atom. The molecule has 1 heterocycles. The van der Waals surface area contributed by atoms with Gasteiger partial charge in [-0.15, -0.1) is 0 Å². The Hall–Kier alpha value is -1.50. The van der Waals surface area contributed by atoms with E-state index in [4.69, 9.17) is 9.16 Å². The van der Waals surface area contributed by atoms with Crippen LogP contribution in [0, 0.1) is 11.3 Å². The van der Waals surface area contributed by atoms with Crippen molar-refractivity contribution in [1.82, 2.24) is 4.90 Å². The minimum Gasteiger partial charge on any atom is -0.459 e. The fourth-order valence-electron chi connectivity index (χ4n) is 4.45. The van der Waals surface area contributed by atoms with Crippen molar-refractivity contribution in [2.45, 2.75) is 84.8 Å². The Kier molecular flexibility index (Phi) is 7.70. The first-order chi connectivity index (χ1) is 13.8. The van der Waals surface area contributed by atoms with Crippen molar-refractivity contribution >= 4 is 21.3 Å². The van der Waals surface area contributed by atoms with Crippen molar-refractivity contribution in [3.8, 4) is 0 Å². The Balaban J connectivity index is 2.54. The van der Waals surface area contributed by atoms with E-state index in [1.54, 1.807) is 0 Å². The normalized spacial score (nSPS) is 25.5. The molecule has 1 aliphatic rings. The topological polar surface area (TPSA) is 55.8 Å². The maximum atomic E-state index is 13.3. The molecule has 30 heavy (non-hydrogen) atoms. The summed E-state index contributed by atoms with van der Waals surface area (Å²) in [6, 6.07) is 9.51. The van der Waals surface area contributed by atoms with E-state index in [2.05, 4.69) is 38.8 Å². The number of ether oxygens (including phenoxy) is 1.